The van der Waals surface area contributed by atoms with Crippen molar-refractivity contribution in [2.75, 3.05) is 31.5 Å². The fourth-order valence-electron chi connectivity index (χ4n) is 4.64. The molecule has 5 rings (SSSR count). The Balaban J connectivity index is 1.50. The molecule has 0 spiro atoms. The van der Waals surface area contributed by atoms with E-state index < -0.39 is 6.04 Å². The van der Waals surface area contributed by atoms with Crippen molar-refractivity contribution < 1.29 is 23.7 Å². The van der Waals surface area contributed by atoms with Gasteiger partial charge in [-0.05, 0) is 49.7 Å². The third kappa shape index (κ3) is 5.78. The fourth-order valence-corrected chi connectivity index (χ4v) is 4.83. The van der Waals surface area contributed by atoms with Gasteiger partial charge < -0.3 is 29.6 Å². The van der Waals surface area contributed by atoms with Crippen LogP contribution in [0, 0.1) is 0 Å². The number of nitrogens with zero attached hydrogens (tertiary/aromatic N) is 3. The van der Waals surface area contributed by atoms with Gasteiger partial charge in [0.2, 0.25) is 5.95 Å². The Morgan fingerprint density at radius 2 is 1.85 bits per heavy atom. The highest BCUT2D eigenvalue weighted by Gasteiger charge is 2.34. The zero-order valence-corrected chi connectivity index (χ0v) is 23.9. The van der Waals surface area contributed by atoms with Crippen molar-refractivity contribution in [2.45, 2.75) is 26.5 Å². The van der Waals surface area contributed by atoms with Crippen LogP contribution in [0.25, 0.3) is 0 Å². The Bertz CT molecular complexity index is 1600. The fraction of sp³-hybridized carbons (Fsp3) is 0.233. The number of carbonyl (C=O) groups is 1. The lowest BCUT2D eigenvalue weighted by Gasteiger charge is -2.29. The van der Waals surface area contributed by atoms with Crippen LogP contribution in [0.15, 0.2) is 78.3 Å². The number of halogens is 1. The quantitative estimate of drug-likeness (QED) is 0.242. The minimum atomic E-state index is -0.602. The summed E-state index contributed by atoms with van der Waals surface area (Å²) in [6, 6.07) is 17.7. The molecular formula is C30H30ClN5O5. The number of amides is 1. The molecule has 1 amide bonds. The minimum absolute atomic E-state index is 0.274. The second-order valence-corrected chi connectivity index (χ2v) is 9.54. The van der Waals surface area contributed by atoms with Gasteiger partial charge in [-0.15, -0.1) is 0 Å². The van der Waals surface area contributed by atoms with Crippen molar-refractivity contribution in [3.63, 3.8) is 0 Å². The minimum Gasteiger partial charge on any atom is -0.497 e. The molecule has 10 nitrogen and oxygen atoms in total. The highest BCUT2D eigenvalue weighted by molar-refractivity contribution is 6.31. The lowest BCUT2D eigenvalue weighted by molar-refractivity contribution is -0.113. The van der Waals surface area contributed by atoms with Gasteiger partial charge in [-0.2, -0.15) is 10.1 Å². The lowest BCUT2D eigenvalue weighted by Crippen LogP contribution is -2.31. The first-order valence-electron chi connectivity index (χ1n) is 13.0. The first-order chi connectivity index (χ1) is 19.9. The second kappa shape index (κ2) is 12.2. The van der Waals surface area contributed by atoms with Gasteiger partial charge in [-0.1, -0.05) is 35.9 Å². The van der Waals surface area contributed by atoms with Gasteiger partial charge in [0.05, 0.1) is 32.1 Å². The number of ether oxygens (including phenoxy) is 4. The van der Waals surface area contributed by atoms with Gasteiger partial charge in [0.25, 0.3) is 5.91 Å². The van der Waals surface area contributed by atoms with Gasteiger partial charge in [-0.25, -0.2) is 4.68 Å². The van der Waals surface area contributed by atoms with Gasteiger partial charge in [0.15, 0.2) is 11.5 Å². The zero-order valence-electron chi connectivity index (χ0n) is 23.1. The SMILES string of the molecule is CCOc1cc([C@H]2C(C(=O)Nc3ccc(OC)cc3OC)=C(C)Nc3ncnn32)ccc1OCc1ccccc1Cl. The van der Waals surface area contributed by atoms with Crippen molar-refractivity contribution in [2.24, 2.45) is 0 Å². The zero-order chi connectivity index (χ0) is 28.9. The number of allylic oxidation sites excluding steroid dienone is 1. The molecule has 1 atom stereocenters. The van der Waals surface area contributed by atoms with E-state index in [2.05, 4.69) is 20.7 Å². The number of carbonyl (C=O) groups excluding carboxylic acids is 1. The van der Waals surface area contributed by atoms with E-state index in [1.165, 1.54) is 13.4 Å². The molecule has 0 aliphatic carbocycles. The van der Waals surface area contributed by atoms with Crippen LogP contribution in [0.4, 0.5) is 11.6 Å². The molecule has 0 saturated carbocycles. The summed E-state index contributed by atoms with van der Waals surface area (Å²) in [4.78, 5) is 18.2. The molecule has 0 fully saturated rings. The monoisotopic (exact) mass is 575 g/mol. The number of hydrogen-bond acceptors (Lipinski definition) is 8. The van der Waals surface area contributed by atoms with E-state index in [1.54, 1.807) is 30.0 Å². The molecule has 1 aliphatic heterocycles. The van der Waals surface area contributed by atoms with Crippen molar-refractivity contribution in [1.29, 1.82) is 0 Å². The largest absolute Gasteiger partial charge is 0.497 e. The summed E-state index contributed by atoms with van der Waals surface area (Å²) in [6.07, 6.45) is 1.44. The van der Waals surface area contributed by atoms with E-state index >= 15 is 0 Å². The summed E-state index contributed by atoms with van der Waals surface area (Å²) in [5.41, 5.74) is 3.21. The molecule has 41 heavy (non-hydrogen) atoms. The molecule has 1 aromatic heterocycles. The van der Waals surface area contributed by atoms with Crippen molar-refractivity contribution in [3.05, 3.63) is 94.4 Å². The van der Waals surface area contributed by atoms with E-state index in [1.807, 2.05) is 56.3 Å². The Morgan fingerprint density at radius 1 is 1.02 bits per heavy atom. The van der Waals surface area contributed by atoms with Gasteiger partial charge in [-0.3, -0.25) is 4.79 Å². The molecule has 0 saturated heterocycles. The Morgan fingerprint density at radius 3 is 2.61 bits per heavy atom. The number of aromatic nitrogens is 3. The molecule has 212 valence electrons. The van der Waals surface area contributed by atoms with Crippen LogP contribution < -0.4 is 29.6 Å². The van der Waals surface area contributed by atoms with E-state index in [9.17, 15) is 4.79 Å². The normalized spacial score (nSPS) is 14.1. The molecule has 0 unspecified atom stereocenters. The van der Waals surface area contributed by atoms with Gasteiger partial charge >= 0.3 is 0 Å². The smallest absolute Gasteiger partial charge is 0.255 e. The van der Waals surface area contributed by atoms with E-state index in [0.717, 1.165) is 11.1 Å². The maximum atomic E-state index is 13.9. The Kier molecular flexibility index (Phi) is 8.30. The number of nitrogens with one attached hydrogen (secondary N) is 2. The predicted octanol–water partition coefficient (Wildman–Crippen LogP) is 5.85. The standard InChI is InChI=1S/C30H30ClN5O5/c1-5-40-26-14-19(10-13-24(26)41-16-20-8-6-7-9-22(20)31)28-27(18(2)34-30-32-17-33-36(28)30)29(37)35-23-12-11-21(38-3)15-25(23)39-4/h6-15,17,28H,5,16H2,1-4H3,(H,35,37)(H,32,33,34)/t28-/m0/s1. The van der Waals surface area contributed by atoms with E-state index in [0.29, 0.717) is 57.5 Å². The molecule has 0 radical (unpaired) electrons. The molecule has 0 bridgehead atoms. The van der Waals surface area contributed by atoms with Crippen LogP contribution in [-0.2, 0) is 11.4 Å². The molecule has 11 heteroatoms. The van der Waals surface area contributed by atoms with E-state index in [-0.39, 0.29) is 12.5 Å². The first kappa shape index (κ1) is 27.9. The average Bonchev–Trinajstić information content (AvgIpc) is 3.45. The number of methoxy groups -OCH3 is 2. The van der Waals surface area contributed by atoms with Crippen molar-refractivity contribution in [1.82, 2.24) is 14.8 Å². The second-order valence-electron chi connectivity index (χ2n) is 9.13. The Labute approximate surface area is 242 Å². The summed E-state index contributed by atoms with van der Waals surface area (Å²) in [7, 11) is 3.10. The number of benzene rings is 3. The predicted molar refractivity (Wildman–Crippen MR) is 156 cm³/mol. The summed E-state index contributed by atoms with van der Waals surface area (Å²) in [5.74, 6) is 2.35. The third-order valence-corrected chi connectivity index (χ3v) is 6.99. The van der Waals surface area contributed by atoms with E-state index in [4.69, 9.17) is 30.5 Å². The summed E-state index contributed by atoms with van der Waals surface area (Å²) >= 11 is 6.32. The maximum Gasteiger partial charge on any atom is 0.255 e. The summed E-state index contributed by atoms with van der Waals surface area (Å²) in [6.45, 7) is 4.42. The molecule has 2 heterocycles. The maximum absolute atomic E-state index is 13.9. The molecule has 4 aromatic rings. The third-order valence-electron chi connectivity index (χ3n) is 6.62. The molecule has 2 N–H and O–H groups in total. The number of hydrogen-bond donors (Lipinski definition) is 2. The molecule has 1 aliphatic rings. The van der Waals surface area contributed by atoms with Gasteiger partial charge in [0, 0.05) is 22.3 Å². The van der Waals surface area contributed by atoms with Crippen LogP contribution in [-0.4, -0.2) is 41.5 Å². The van der Waals surface area contributed by atoms with Crippen LogP contribution >= 0.6 is 11.6 Å². The lowest BCUT2D eigenvalue weighted by atomic mass is 9.94. The van der Waals surface area contributed by atoms with Crippen LogP contribution in [0.5, 0.6) is 23.0 Å². The number of fused-ring (bicyclic) bond motifs is 1. The summed E-state index contributed by atoms with van der Waals surface area (Å²) in [5, 5.41) is 11.2. The number of rotatable bonds is 10. The summed E-state index contributed by atoms with van der Waals surface area (Å²) < 4.78 is 24.5. The first-order valence-corrected chi connectivity index (χ1v) is 13.3. The highest BCUT2D eigenvalue weighted by Crippen LogP contribution is 2.40. The highest BCUT2D eigenvalue weighted by atomic mass is 35.5. The van der Waals surface area contributed by atoms with Crippen LogP contribution in [0.1, 0.15) is 31.0 Å². The van der Waals surface area contributed by atoms with Gasteiger partial charge in [0.1, 0.15) is 30.5 Å². The van der Waals surface area contributed by atoms with Crippen molar-refractivity contribution in [3.8, 4) is 23.0 Å². The topological polar surface area (TPSA) is 109 Å². The average molecular weight is 576 g/mol. The molecular weight excluding hydrogens is 546 g/mol. The van der Waals surface area contributed by atoms with Crippen LogP contribution in [0.3, 0.4) is 0 Å². The van der Waals surface area contributed by atoms with Crippen molar-refractivity contribution >= 4 is 29.1 Å². The molecule has 3 aromatic carbocycles. The Hall–Kier alpha value is -4.70. The number of anilines is 2. The van der Waals surface area contributed by atoms with Crippen LogP contribution in [0.2, 0.25) is 5.02 Å².